The van der Waals surface area contributed by atoms with Crippen LogP contribution < -0.4 is 0 Å². The number of nitrogens with one attached hydrogen (secondary N) is 1. The van der Waals surface area contributed by atoms with Crippen molar-refractivity contribution in [2.24, 2.45) is 0 Å². The normalized spacial score (nSPS) is 17.3. The first kappa shape index (κ1) is 17.5. The molecule has 27 heavy (non-hydrogen) atoms. The third-order valence-electron chi connectivity index (χ3n) is 4.74. The maximum absolute atomic E-state index is 13.1. The van der Waals surface area contributed by atoms with Crippen LogP contribution in [-0.2, 0) is 11.2 Å². The molecule has 7 nitrogen and oxygen atoms in total. The van der Waals surface area contributed by atoms with Crippen molar-refractivity contribution in [2.45, 2.75) is 26.3 Å². The highest BCUT2D eigenvalue weighted by Gasteiger charge is 2.31. The van der Waals surface area contributed by atoms with Crippen molar-refractivity contribution in [1.82, 2.24) is 20.1 Å². The Hall–Kier alpha value is -2.93. The van der Waals surface area contributed by atoms with Gasteiger partial charge in [-0.2, -0.15) is 5.10 Å². The van der Waals surface area contributed by atoms with Gasteiger partial charge in [-0.25, -0.2) is 4.98 Å². The maximum atomic E-state index is 13.1. The summed E-state index contributed by atoms with van der Waals surface area (Å²) < 4.78 is 11.3. The van der Waals surface area contributed by atoms with Crippen LogP contribution in [0.3, 0.4) is 0 Å². The summed E-state index contributed by atoms with van der Waals surface area (Å²) >= 11 is 0. The number of carbonyl (C=O) groups is 1. The molecule has 1 amide bonds. The van der Waals surface area contributed by atoms with E-state index in [1.54, 1.807) is 0 Å². The van der Waals surface area contributed by atoms with Gasteiger partial charge in [0.1, 0.15) is 23.4 Å². The van der Waals surface area contributed by atoms with E-state index in [2.05, 4.69) is 15.2 Å². The second-order valence-corrected chi connectivity index (χ2v) is 6.57. The number of aryl methyl sites for hydroxylation is 2. The van der Waals surface area contributed by atoms with Gasteiger partial charge in [-0.1, -0.05) is 19.1 Å². The number of carbonyl (C=O) groups excluding carboxylic acids is 1. The van der Waals surface area contributed by atoms with Gasteiger partial charge in [-0.15, -0.1) is 0 Å². The molecule has 0 radical (unpaired) electrons. The second-order valence-electron chi connectivity index (χ2n) is 6.57. The van der Waals surface area contributed by atoms with Crippen LogP contribution in [0.4, 0.5) is 0 Å². The Bertz CT molecular complexity index is 929. The van der Waals surface area contributed by atoms with Gasteiger partial charge in [0.15, 0.2) is 5.82 Å². The molecule has 1 atom stereocenters. The minimum absolute atomic E-state index is 0.0341. The van der Waals surface area contributed by atoms with Crippen molar-refractivity contribution < 1.29 is 13.9 Å². The molecule has 2 aromatic heterocycles. The van der Waals surface area contributed by atoms with Gasteiger partial charge in [0.25, 0.3) is 5.91 Å². The summed E-state index contributed by atoms with van der Waals surface area (Å²) in [5.41, 5.74) is 1.50. The molecule has 1 saturated heterocycles. The molecule has 7 heteroatoms. The Morgan fingerprint density at radius 2 is 2.07 bits per heavy atom. The first-order chi connectivity index (χ1) is 13.2. The SMILES string of the molecule is CCc1nc(-c2ccc(C(=O)N3CCOCC3c3ccc(C)o3)cc2)n[nH]1. The van der Waals surface area contributed by atoms with E-state index in [1.807, 2.05) is 55.1 Å². The first-order valence-electron chi connectivity index (χ1n) is 9.12. The summed E-state index contributed by atoms with van der Waals surface area (Å²) in [4.78, 5) is 19.3. The Kier molecular flexibility index (Phi) is 4.77. The maximum Gasteiger partial charge on any atom is 0.254 e. The smallest absolute Gasteiger partial charge is 0.254 e. The van der Waals surface area contributed by atoms with E-state index >= 15 is 0 Å². The van der Waals surface area contributed by atoms with Gasteiger partial charge < -0.3 is 14.1 Å². The molecule has 4 rings (SSSR count). The highest BCUT2D eigenvalue weighted by Crippen LogP contribution is 2.28. The number of aromatic amines is 1. The van der Waals surface area contributed by atoms with Crippen LogP contribution in [0.25, 0.3) is 11.4 Å². The molecule has 1 aliphatic heterocycles. The molecule has 140 valence electrons. The molecule has 0 spiro atoms. The minimum atomic E-state index is -0.209. The van der Waals surface area contributed by atoms with Crippen molar-refractivity contribution in [1.29, 1.82) is 0 Å². The van der Waals surface area contributed by atoms with Crippen LogP contribution in [0.2, 0.25) is 0 Å². The van der Waals surface area contributed by atoms with E-state index in [0.29, 0.717) is 31.1 Å². The third-order valence-corrected chi connectivity index (χ3v) is 4.74. The zero-order valence-electron chi connectivity index (χ0n) is 15.4. The van der Waals surface area contributed by atoms with Crippen LogP contribution in [0.1, 0.15) is 40.7 Å². The summed E-state index contributed by atoms with van der Waals surface area (Å²) in [6, 6.07) is 11.0. The topological polar surface area (TPSA) is 84.2 Å². The number of furan rings is 1. The summed E-state index contributed by atoms with van der Waals surface area (Å²) in [7, 11) is 0. The summed E-state index contributed by atoms with van der Waals surface area (Å²) in [6.07, 6.45) is 0.800. The third kappa shape index (κ3) is 3.50. The van der Waals surface area contributed by atoms with Gasteiger partial charge in [0.2, 0.25) is 0 Å². The molecule has 1 aromatic carbocycles. The highest BCUT2D eigenvalue weighted by atomic mass is 16.5. The lowest BCUT2D eigenvalue weighted by Crippen LogP contribution is -2.43. The number of rotatable bonds is 4. The largest absolute Gasteiger partial charge is 0.464 e. The minimum Gasteiger partial charge on any atom is -0.464 e. The van der Waals surface area contributed by atoms with E-state index in [1.165, 1.54) is 0 Å². The number of amides is 1. The van der Waals surface area contributed by atoms with Crippen LogP contribution >= 0.6 is 0 Å². The number of hydrogen-bond donors (Lipinski definition) is 1. The standard InChI is InChI=1S/C20H22N4O3/c1-3-18-21-19(23-22-18)14-5-7-15(8-6-14)20(25)24-10-11-26-12-16(24)17-9-4-13(2)27-17/h4-9,16H,3,10-12H2,1-2H3,(H,21,22,23). The van der Waals surface area contributed by atoms with Crippen LogP contribution in [0.5, 0.6) is 0 Å². The average Bonchev–Trinajstić information content (AvgIpc) is 3.36. The van der Waals surface area contributed by atoms with Gasteiger partial charge in [0, 0.05) is 24.1 Å². The summed E-state index contributed by atoms with van der Waals surface area (Å²) in [5, 5.41) is 7.12. The number of ether oxygens (including phenoxy) is 1. The van der Waals surface area contributed by atoms with Crippen molar-refractivity contribution in [3.05, 3.63) is 59.3 Å². The number of morpholine rings is 1. The van der Waals surface area contributed by atoms with Gasteiger partial charge in [-0.05, 0) is 31.2 Å². The predicted molar refractivity (Wildman–Crippen MR) is 99.2 cm³/mol. The Morgan fingerprint density at radius 1 is 1.26 bits per heavy atom. The number of H-pyrrole nitrogens is 1. The average molecular weight is 366 g/mol. The van der Waals surface area contributed by atoms with E-state index in [9.17, 15) is 4.79 Å². The number of nitrogens with zero attached hydrogens (tertiary/aromatic N) is 3. The molecular formula is C20H22N4O3. The van der Waals surface area contributed by atoms with Crippen molar-refractivity contribution >= 4 is 5.91 Å². The Labute approximate surface area is 157 Å². The zero-order chi connectivity index (χ0) is 18.8. The molecule has 0 saturated carbocycles. The lowest BCUT2D eigenvalue weighted by molar-refractivity contribution is -0.00894. The van der Waals surface area contributed by atoms with Crippen molar-refractivity contribution in [3.8, 4) is 11.4 Å². The molecule has 1 unspecified atom stereocenters. The van der Waals surface area contributed by atoms with E-state index < -0.39 is 0 Å². The molecule has 0 bridgehead atoms. The second kappa shape index (κ2) is 7.36. The van der Waals surface area contributed by atoms with Crippen LogP contribution in [0, 0.1) is 6.92 Å². The summed E-state index contributed by atoms with van der Waals surface area (Å²) in [5.74, 6) is 3.03. The molecular weight excluding hydrogens is 344 g/mol. The zero-order valence-corrected chi connectivity index (χ0v) is 15.4. The Morgan fingerprint density at radius 3 is 2.74 bits per heavy atom. The van der Waals surface area contributed by atoms with Crippen molar-refractivity contribution in [3.63, 3.8) is 0 Å². The Balaban J connectivity index is 1.55. The molecule has 1 aliphatic rings. The molecule has 3 heterocycles. The highest BCUT2D eigenvalue weighted by molar-refractivity contribution is 5.95. The molecule has 1 fully saturated rings. The van der Waals surface area contributed by atoms with Crippen LogP contribution in [0.15, 0.2) is 40.8 Å². The fourth-order valence-electron chi connectivity index (χ4n) is 3.23. The van der Waals surface area contributed by atoms with E-state index in [4.69, 9.17) is 9.15 Å². The monoisotopic (exact) mass is 366 g/mol. The van der Waals surface area contributed by atoms with Crippen molar-refractivity contribution in [2.75, 3.05) is 19.8 Å². The lowest BCUT2D eigenvalue weighted by Gasteiger charge is -2.34. The quantitative estimate of drug-likeness (QED) is 0.767. The number of benzene rings is 1. The number of hydrogen-bond acceptors (Lipinski definition) is 5. The molecule has 3 aromatic rings. The lowest BCUT2D eigenvalue weighted by atomic mass is 10.1. The van der Waals surface area contributed by atoms with Crippen LogP contribution in [-0.4, -0.2) is 45.7 Å². The fourth-order valence-corrected chi connectivity index (χ4v) is 3.23. The van der Waals surface area contributed by atoms with E-state index in [0.717, 1.165) is 29.3 Å². The molecule has 0 aliphatic carbocycles. The number of aromatic nitrogens is 3. The predicted octanol–water partition coefficient (Wildman–Crippen LogP) is 3.15. The first-order valence-corrected chi connectivity index (χ1v) is 9.12. The van der Waals surface area contributed by atoms with Gasteiger partial charge in [0.05, 0.1) is 13.2 Å². The fraction of sp³-hybridized carbons (Fsp3) is 0.350. The van der Waals surface area contributed by atoms with Gasteiger partial charge in [-0.3, -0.25) is 9.89 Å². The van der Waals surface area contributed by atoms with E-state index in [-0.39, 0.29) is 11.9 Å². The van der Waals surface area contributed by atoms with Gasteiger partial charge >= 0.3 is 0 Å². The molecule has 1 N–H and O–H groups in total. The summed E-state index contributed by atoms with van der Waals surface area (Å²) in [6.45, 7) is 5.41.